The van der Waals surface area contributed by atoms with Gasteiger partial charge < -0.3 is 0 Å². The van der Waals surface area contributed by atoms with Gasteiger partial charge in [-0.25, -0.2) is 0 Å². The molecule has 0 aromatic heterocycles. The van der Waals surface area contributed by atoms with Gasteiger partial charge in [-0.3, -0.25) is 0 Å². The molecule has 0 spiro atoms. The maximum atomic E-state index is 2.39. The van der Waals surface area contributed by atoms with E-state index in [4.69, 9.17) is 0 Å². The molecule has 0 bridgehead atoms. The lowest BCUT2D eigenvalue weighted by atomic mass is 9.72. The van der Waals surface area contributed by atoms with Gasteiger partial charge in [0.25, 0.3) is 0 Å². The summed E-state index contributed by atoms with van der Waals surface area (Å²) >= 11 is 0. The molecule has 0 radical (unpaired) electrons. The van der Waals surface area contributed by atoms with Crippen LogP contribution in [0.4, 0.5) is 0 Å². The largest absolute Gasteiger partial charge is 0.0839 e. The molecule has 0 saturated heterocycles. The third-order valence-corrected chi connectivity index (χ3v) is 4.51. The highest BCUT2D eigenvalue weighted by Crippen LogP contribution is 2.40. The summed E-state index contributed by atoms with van der Waals surface area (Å²) in [5, 5.41) is 0. The van der Waals surface area contributed by atoms with Gasteiger partial charge >= 0.3 is 0 Å². The molecule has 0 aliphatic heterocycles. The third-order valence-electron chi connectivity index (χ3n) is 4.51. The van der Waals surface area contributed by atoms with Crippen LogP contribution in [-0.2, 0) is 6.42 Å². The van der Waals surface area contributed by atoms with Crippen LogP contribution in [0.25, 0.3) is 0 Å². The summed E-state index contributed by atoms with van der Waals surface area (Å²) in [5.74, 6) is 0. The second kappa shape index (κ2) is 8.98. The first-order valence-electron chi connectivity index (χ1n) is 8.91. The van der Waals surface area contributed by atoms with Crippen molar-refractivity contribution in [2.75, 3.05) is 0 Å². The minimum Gasteiger partial charge on any atom is -0.0839 e. The first-order valence-corrected chi connectivity index (χ1v) is 8.91. The highest BCUT2D eigenvalue weighted by atomic mass is 14.3. The summed E-state index contributed by atoms with van der Waals surface area (Å²) in [4.78, 5) is 0. The summed E-state index contributed by atoms with van der Waals surface area (Å²) in [6.45, 7) is 13.2. The van der Waals surface area contributed by atoms with E-state index in [2.05, 4.69) is 64.1 Å². The molecule has 2 rings (SSSR count). The first kappa shape index (κ1) is 18.7. The molecule has 122 valence electrons. The lowest BCUT2D eigenvalue weighted by molar-refractivity contribution is 0.376. The lowest BCUT2D eigenvalue weighted by Crippen LogP contribution is -2.19. The fraction of sp³-hybridized carbons (Fsp3) is 0.545. The Morgan fingerprint density at radius 1 is 1.14 bits per heavy atom. The second-order valence-corrected chi connectivity index (χ2v) is 6.86. The van der Waals surface area contributed by atoms with Crippen LogP contribution >= 0.6 is 0 Å². The van der Waals surface area contributed by atoms with E-state index in [0.717, 1.165) is 12.8 Å². The average Bonchev–Trinajstić information content (AvgIpc) is 2.47. The molecule has 1 aromatic rings. The smallest absolute Gasteiger partial charge is 0.0104 e. The van der Waals surface area contributed by atoms with E-state index in [1.165, 1.54) is 30.4 Å². The number of aryl methyl sites for hydroxylation is 2. The minimum absolute atomic E-state index is 0.363. The van der Waals surface area contributed by atoms with Crippen LogP contribution in [-0.4, -0.2) is 0 Å². The van der Waals surface area contributed by atoms with Crippen molar-refractivity contribution in [1.29, 1.82) is 0 Å². The fourth-order valence-corrected chi connectivity index (χ4v) is 3.33. The zero-order chi connectivity index (χ0) is 16.6. The highest BCUT2D eigenvalue weighted by Gasteiger charge is 2.26. The van der Waals surface area contributed by atoms with Crippen molar-refractivity contribution in [3.8, 4) is 0 Å². The molecule has 0 amide bonds. The summed E-state index contributed by atoms with van der Waals surface area (Å²) in [6.07, 6.45) is 11.0. The lowest BCUT2D eigenvalue weighted by Gasteiger charge is -2.32. The minimum atomic E-state index is 0.363. The van der Waals surface area contributed by atoms with Crippen LogP contribution in [0.3, 0.4) is 0 Å². The SMILES string of the molecule is CC.CC1=C(/C=C/CCc2cccc(C)c2)C(C)(C)CCC1. The summed E-state index contributed by atoms with van der Waals surface area (Å²) in [6, 6.07) is 8.85. The van der Waals surface area contributed by atoms with Crippen LogP contribution in [0.5, 0.6) is 0 Å². The summed E-state index contributed by atoms with van der Waals surface area (Å²) < 4.78 is 0. The molecule has 0 saturated carbocycles. The number of rotatable bonds is 4. The third kappa shape index (κ3) is 5.48. The number of hydrogen-bond acceptors (Lipinski definition) is 0. The first-order chi connectivity index (χ1) is 10.5. The van der Waals surface area contributed by atoms with Gasteiger partial charge in [0.2, 0.25) is 0 Å². The van der Waals surface area contributed by atoms with Crippen molar-refractivity contribution in [2.24, 2.45) is 5.41 Å². The van der Waals surface area contributed by atoms with Gasteiger partial charge in [0, 0.05) is 0 Å². The fourth-order valence-electron chi connectivity index (χ4n) is 3.33. The molecule has 0 unspecified atom stereocenters. The van der Waals surface area contributed by atoms with Crippen molar-refractivity contribution in [3.05, 3.63) is 58.7 Å². The molecule has 0 fully saturated rings. The number of allylic oxidation sites excluding steroid dienone is 4. The highest BCUT2D eigenvalue weighted by molar-refractivity contribution is 5.32. The van der Waals surface area contributed by atoms with E-state index in [-0.39, 0.29) is 0 Å². The molecular weight excluding hydrogens is 264 g/mol. The second-order valence-electron chi connectivity index (χ2n) is 6.86. The van der Waals surface area contributed by atoms with Gasteiger partial charge in [-0.1, -0.05) is 75.2 Å². The zero-order valence-electron chi connectivity index (χ0n) is 15.5. The van der Waals surface area contributed by atoms with Gasteiger partial charge in [-0.15, -0.1) is 0 Å². The predicted octanol–water partition coefficient (Wildman–Crippen LogP) is 7.04. The van der Waals surface area contributed by atoms with Crippen molar-refractivity contribution < 1.29 is 0 Å². The molecule has 0 N–H and O–H groups in total. The van der Waals surface area contributed by atoms with E-state index < -0.39 is 0 Å². The average molecular weight is 299 g/mol. The Balaban J connectivity index is 0.00000116. The molecular formula is C22H34. The molecule has 0 nitrogen and oxygen atoms in total. The topological polar surface area (TPSA) is 0 Å². The van der Waals surface area contributed by atoms with Crippen LogP contribution in [0, 0.1) is 12.3 Å². The summed E-state index contributed by atoms with van der Waals surface area (Å²) in [5.41, 5.74) is 6.34. The Kier molecular flexibility index (Phi) is 7.65. The van der Waals surface area contributed by atoms with Crippen LogP contribution in [0.15, 0.2) is 47.6 Å². The van der Waals surface area contributed by atoms with Crippen molar-refractivity contribution in [2.45, 2.75) is 73.6 Å². The molecule has 0 atom stereocenters. The molecule has 1 aliphatic carbocycles. The maximum Gasteiger partial charge on any atom is -0.0104 e. The van der Waals surface area contributed by atoms with E-state index in [1.54, 1.807) is 11.1 Å². The van der Waals surface area contributed by atoms with Gasteiger partial charge in [0.05, 0.1) is 0 Å². The zero-order valence-corrected chi connectivity index (χ0v) is 15.5. The number of benzene rings is 1. The number of hydrogen-bond donors (Lipinski definition) is 0. The van der Waals surface area contributed by atoms with E-state index in [0.29, 0.717) is 5.41 Å². The van der Waals surface area contributed by atoms with Crippen LogP contribution < -0.4 is 0 Å². The molecule has 1 aliphatic rings. The van der Waals surface area contributed by atoms with Crippen molar-refractivity contribution >= 4 is 0 Å². The summed E-state index contributed by atoms with van der Waals surface area (Å²) in [7, 11) is 0. The molecule has 22 heavy (non-hydrogen) atoms. The van der Waals surface area contributed by atoms with E-state index >= 15 is 0 Å². The van der Waals surface area contributed by atoms with Crippen molar-refractivity contribution in [1.82, 2.24) is 0 Å². The Labute approximate surface area is 138 Å². The van der Waals surface area contributed by atoms with Crippen LogP contribution in [0.1, 0.15) is 71.4 Å². The molecule has 0 heterocycles. The van der Waals surface area contributed by atoms with E-state index in [9.17, 15) is 0 Å². The Hall–Kier alpha value is -1.30. The van der Waals surface area contributed by atoms with Crippen molar-refractivity contribution in [3.63, 3.8) is 0 Å². The van der Waals surface area contributed by atoms with Crippen LogP contribution in [0.2, 0.25) is 0 Å². The quantitative estimate of drug-likeness (QED) is 0.559. The van der Waals surface area contributed by atoms with Gasteiger partial charge in [-0.05, 0) is 62.5 Å². The van der Waals surface area contributed by atoms with Gasteiger partial charge in [-0.2, -0.15) is 0 Å². The standard InChI is InChI=1S/C20H28.C2H6/c1-16-9-7-12-18(15-16)11-5-6-13-19-17(2)10-8-14-20(19,3)4;1-2/h6-7,9,12-13,15H,5,8,10-11,14H2,1-4H3;1-2H3/b13-6+;. The molecule has 1 aromatic carbocycles. The Morgan fingerprint density at radius 2 is 1.86 bits per heavy atom. The Morgan fingerprint density at radius 3 is 2.50 bits per heavy atom. The normalized spacial score (nSPS) is 17.4. The van der Waals surface area contributed by atoms with Gasteiger partial charge in [0.15, 0.2) is 0 Å². The Bertz CT molecular complexity index is 515. The van der Waals surface area contributed by atoms with Gasteiger partial charge in [0.1, 0.15) is 0 Å². The van der Waals surface area contributed by atoms with E-state index in [1.807, 2.05) is 13.8 Å². The maximum absolute atomic E-state index is 2.39. The monoisotopic (exact) mass is 298 g/mol. The predicted molar refractivity (Wildman–Crippen MR) is 100 cm³/mol. The molecule has 0 heteroatoms.